The predicted molar refractivity (Wildman–Crippen MR) is 135 cm³/mol. The number of benzene rings is 1. The van der Waals surface area contributed by atoms with Gasteiger partial charge in [0, 0.05) is 4.47 Å². The molecule has 32 heavy (non-hydrogen) atoms. The maximum atomic E-state index is 13.3. The predicted octanol–water partition coefficient (Wildman–Crippen LogP) is 8.28. The first-order valence-electron chi connectivity index (χ1n) is 11.9. The lowest BCUT2D eigenvalue weighted by molar-refractivity contribution is -0.0106. The molecule has 0 spiro atoms. The maximum absolute atomic E-state index is 13.3. The van der Waals surface area contributed by atoms with E-state index >= 15 is 0 Å². The van der Waals surface area contributed by atoms with Crippen molar-refractivity contribution >= 4 is 27.9 Å². The Morgan fingerprint density at radius 2 is 1.19 bits per heavy atom. The van der Waals surface area contributed by atoms with E-state index in [-0.39, 0.29) is 34.2 Å². The molecule has 1 aromatic rings. The zero-order valence-electron chi connectivity index (χ0n) is 21.6. The van der Waals surface area contributed by atoms with Crippen molar-refractivity contribution < 1.29 is 19.1 Å². The van der Waals surface area contributed by atoms with E-state index in [1.807, 2.05) is 6.92 Å². The van der Waals surface area contributed by atoms with Crippen molar-refractivity contribution in [1.29, 1.82) is 0 Å². The zero-order chi connectivity index (χ0) is 24.7. The monoisotopic (exact) mass is 510 g/mol. The Morgan fingerprint density at radius 3 is 1.53 bits per heavy atom. The number of halogens is 1. The third kappa shape index (κ3) is 8.53. The van der Waals surface area contributed by atoms with Crippen LogP contribution in [0.3, 0.4) is 0 Å². The van der Waals surface area contributed by atoms with Gasteiger partial charge >= 0.3 is 11.9 Å². The van der Waals surface area contributed by atoms with Crippen LogP contribution >= 0.6 is 15.9 Å². The zero-order valence-corrected chi connectivity index (χ0v) is 23.1. The third-order valence-corrected chi connectivity index (χ3v) is 6.66. The van der Waals surface area contributed by atoms with Crippen molar-refractivity contribution in [2.75, 3.05) is 0 Å². The number of aryl methyl sites for hydroxylation is 1. The molecular weight excluding hydrogens is 468 g/mol. The van der Waals surface area contributed by atoms with Crippen molar-refractivity contribution in [2.45, 2.75) is 113 Å². The minimum atomic E-state index is -0.477. The average molecular weight is 512 g/mol. The van der Waals surface area contributed by atoms with Gasteiger partial charge in [-0.25, -0.2) is 9.59 Å². The summed E-state index contributed by atoms with van der Waals surface area (Å²) < 4.78 is 12.7. The Morgan fingerprint density at radius 1 is 0.812 bits per heavy atom. The molecule has 2 atom stereocenters. The van der Waals surface area contributed by atoms with Crippen LogP contribution in [0.25, 0.3) is 0 Å². The SMILES string of the molecule is CCCCC(OC(=O)c1cc(C)c(Br)cc1C(=O)OC(CCCC)C(C)(C)C)C(C)(C)C. The van der Waals surface area contributed by atoms with Crippen molar-refractivity contribution in [1.82, 2.24) is 0 Å². The van der Waals surface area contributed by atoms with E-state index in [1.54, 1.807) is 12.1 Å². The van der Waals surface area contributed by atoms with Gasteiger partial charge in [0.15, 0.2) is 0 Å². The Bertz CT molecular complexity index is 706. The second kappa shape index (κ2) is 12.2. The highest BCUT2D eigenvalue weighted by atomic mass is 79.9. The Labute approximate surface area is 204 Å². The van der Waals surface area contributed by atoms with Crippen molar-refractivity contribution in [2.24, 2.45) is 10.8 Å². The molecule has 0 saturated heterocycles. The maximum Gasteiger partial charge on any atom is 0.339 e. The average Bonchev–Trinajstić information content (AvgIpc) is 2.67. The highest BCUT2D eigenvalue weighted by molar-refractivity contribution is 9.10. The van der Waals surface area contributed by atoms with E-state index in [0.29, 0.717) is 0 Å². The summed E-state index contributed by atoms with van der Waals surface area (Å²) in [5.74, 6) is -0.945. The van der Waals surface area contributed by atoms with E-state index in [1.165, 1.54) is 0 Å². The lowest BCUT2D eigenvalue weighted by atomic mass is 9.85. The molecule has 0 aliphatic rings. The second-order valence-electron chi connectivity index (χ2n) is 11.0. The number of esters is 2. The van der Waals surface area contributed by atoms with Crippen molar-refractivity contribution in [3.05, 3.63) is 33.3 Å². The minimum Gasteiger partial charge on any atom is -0.458 e. The molecule has 2 unspecified atom stereocenters. The molecule has 0 radical (unpaired) electrons. The van der Waals surface area contributed by atoms with Crippen LogP contribution in [0.15, 0.2) is 16.6 Å². The lowest BCUT2D eigenvalue weighted by Crippen LogP contribution is -2.33. The van der Waals surface area contributed by atoms with Crippen molar-refractivity contribution in [3.63, 3.8) is 0 Å². The highest BCUT2D eigenvalue weighted by Gasteiger charge is 2.32. The standard InChI is InChI=1S/C27H43BrO4/c1-10-12-14-22(26(4,5)6)31-24(29)19-16-18(3)21(28)17-20(19)25(30)32-23(15-13-11-2)27(7,8)9/h16-17,22-23H,10-15H2,1-9H3. The first-order valence-corrected chi connectivity index (χ1v) is 12.7. The van der Waals surface area contributed by atoms with E-state index in [0.717, 1.165) is 48.6 Å². The van der Waals surface area contributed by atoms with Crippen LogP contribution in [0.2, 0.25) is 0 Å². The van der Waals surface area contributed by atoms with Gasteiger partial charge in [0.25, 0.3) is 0 Å². The number of unbranched alkanes of at least 4 members (excludes halogenated alkanes) is 2. The molecule has 1 aromatic carbocycles. The minimum absolute atomic E-state index is 0.187. The molecule has 0 aromatic heterocycles. The first-order chi connectivity index (χ1) is 14.7. The van der Waals surface area contributed by atoms with E-state index in [2.05, 4.69) is 71.3 Å². The van der Waals surface area contributed by atoms with Gasteiger partial charge < -0.3 is 9.47 Å². The van der Waals surface area contributed by atoms with Gasteiger partial charge in [-0.05, 0) is 48.3 Å². The number of ether oxygens (including phenoxy) is 2. The summed E-state index contributed by atoms with van der Waals surface area (Å²) >= 11 is 3.50. The smallest absolute Gasteiger partial charge is 0.339 e. The van der Waals surface area contributed by atoms with Gasteiger partial charge in [-0.2, -0.15) is 0 Å². The molecule has 0 N–H and O–H groups in total. The van der Waals surface area contributed by atoms with Crippen LogP contribution in [0, 0.1) is 17.8 Å². The molecule has 0 heterocycles. The highest BCUT2D eigenvalue weighted by Crippen LogP contribution is 2.31. The van der Waals surface area contributed by atoms with Gasteiger partial charge in [-0.3, -0.25) is 0 Å². The molecule has 182 valence electrons. The third-order valence-electron chi connectivity index (χ3n) is 5.81. The number of carbonyl (C=O) groups excluding carboxylic acids is 2. The van der Waals surface area contributed by atoms with Crippen LogP contribution in [0.4, 0.5) is 0 Å². The molecular formula is C27H43BrO4. The molecule has 0 bridgehead atoms. The molecule has 0 saturated carbocycles. The molecule has 5 heteroatoms. The van der Waals surface area contributed by atoms with E-state index in [4.69, 9.17) is 9.47 Å². The van der Waals surface area contributed by atoms with Crippen LogP contribution in [0.1, 0.15) is 120 Å². The molecule has 1 rings (SSSR count). The number of carbonyl (C=O) groups is 2. The fraction of sp³-hybridized carbons (Fsp3) is 0.704. The lowest BCUT2D eigenvalue weighted by Gasteiger charge is -2.31. The summed E-state index contributed by atoms with van der Waals surface area (Å²) in [5, 5.41) is 0. The molecule has 0 amide bonds. The molecule has 0 aliphatic carbocycles. The Hall–Kier alpha value is -1.36. The van der Waals surface area contributed by atoms with Gasteiger partial charge in [0.1, 0.15) is 12.2 Å². The number of rotatable bonds is 10. The topological polar surface area (TPSA) is 52.6 Å². The Balaban J connectivity index is 3.27. The number of hydrogen-bond donors (Lipinski definition) is 0. The number of hydrogen-bond acceptors (Lipinski definition) is 4. The van der Waals surface area contributed by atoms with Crippen LogP contribution in [-0.2, 0) is 9.47 Å². The van der Waals surface area contributed by atoms with Gasteiger partial charge in [-0.1, -0.05) is 97.0 Å². The molecule has 0 aliphatic heterocycles. The van der Waals surface area contributed by atoms with Crippen molar-refractivity contribution in [3.8, 4) is 0 Å². The summed E-state index contributed by atoms with van der Waals surface area (Å²) in [4.78, 5) is 26.5. The van der Waals surface area contributed by atoms with Gasteiger partial charge in [0.2, 0.25) is 0 Å². The molecule has 4 nitrogen and oxygen atoms in total. The summed E-state index contributed by atoms with van der Waals surface area (Å²) in [6.45, 7) is 18.6. The quantitative estimate of drug-likeness (QED) is 0.297. The summed E-state index contributed by atoms with van der Waals surface area (Å²) in [6, 6.07) is 3.41. The fourth-order valence-corrected chi connectivity index (χ4v) is 3.86. The van der Waals surface area contributed by atoms with E-state index in [9.17, 15) is 9.59 Å². The molecule has 0 fully saturated rings. The normalized spacial score (nSPS) is 14.1. The summed E-state index contributed by atoms with van der Waals surface area (Å²) in [5.41, 5.74) is 1.01. The first kappa shape index (κ1) is 28.7. The van der Waals surface area contributed by atoms with Gasteiger partial charge in [0.05, 0.1) is 11.1 Å². The second-order valence-corrected chi connectivity index (χ2v) is 11.8. The Kier molecular flexibility index (Phi) is 10.9. The van der Waals surface area contributed by atoms with E-state index < -0.39 is 11.9 Å². The largest absolute Gasteiger partial charge is 0.458 e. The van der Waals surface area contributed by atoms with Crippen LogP contribution in [0.5, 0.6) is 0 Å². The fourth-order valence-electron chi connectivity index (χ4n) is 3.52. The van der Waals surface area contributed by atoms with Crippen LogP contribution in [-0.4, -0.2) is 24.1 Å². The van der Waals surface area contributed by atoms with Gasteiger partial charge in [-0.15, -0.1) is 0 Å². The van der Waals surface area contributed by atoms with Crippen LogP contribution < -0.4 is 0 Å². The summed E-state index contributed by atoms with van der Waals surface area (Å²) in [6.07, 6.45) is 5.15. The summed E-state index contributed by atoms with van der Waals surface area (Å²) in [7, 11) is 0.